The van der Waals surface area contributed by atoms with E-state index in [0.29, 0.717) is 11.1 Å². The summed E-state index contributed by atoms with van der Waals surface area (Å²) >= 11 is 0. The first-order chi connectivity index (χ1) is 14.0. The van der Waals surface area contributed by atoms with Crippen LogP contribution >= 0.6 is 0 Å². The number of carbonyl (C=O) groups excluding carboxylic acids is 1. The van der Waals surface area contributed by atoms with Crippen molar-refractivity contribution in [3.05, 3.63) is 70.3 Å². The summed E-state index contributed by atoms with van der Waals surface area (Å²) in [4.78, 5) is 12.9. The van der Waals surface area contributed by atoms with Gasteiger partial charge >= 0.3 is 5.97 Å². The predicted molar refractivity (Wildman–Crippen MR) is 120 cm³/mol. The minimum absolute atomic E-state index is 0.0498. The highest BCUT2D eigenvalue weighted by Gasteiger charge is 2.26. The molecule has 0 aliphatic carbocycles. The van der Waals surface area contributed by atoms with Gasteiger partial charge in [0.2, 0.25) is 0 Å². The summed E-state index contributed by atoms with van der Waals surface area (Å²) in [5.74, 6) is -0.237. The lowest BCUT2D eigenvalue weighted by molar-refractivity contribution is -0.149. The summed E-state index contributed by atoms with van der Waals surface area (Å²) in [6.45, 7) is 13.4. The maximum atomic E-state index is 12.9. The van der Waals surface area contributed by atoms with Crippen molar-refractivity contribution < 1.29 is 14.6 Å². The zero-order chi connectivity index (χ0) is 22.6. The molecule has 2 rings (SSSR count). The van der Waals surface area contributed by atoms with Crippen LogP contribution in [-0.2, 0) is 9.53 Å². The summed E-state index contributed by atoms with van der Waals surface area (Å²) in [5.41, 5.74) is 2.77. The highest BCUT2D eigenvalue weighted by Crippen LogP contribution is 2.39. The highest BCUT2D eigenvalue weighted by molar-refractivity contribution is 6.05. The van der Waals surface area contributed by atoms with Gasteiger partial charge in [-0.05, 0) is 67.0 Å². The van der Waals surface area contributed by atoms with Gasteiger partial charge in [0.05, 0.1) is 0 Å². The number of esters is 1. The van der Waals surface area contributed by atoms with Crippen molar-refractivity contribution in [2.75, 3.05) is 0 Å². The molecule has 1 N–H and O–H groups in total. The molecule has 0 saturated carbocycles. The van der Waals surface area contributed by atoms with Crippen LogP contribution in [-0.4, -0.2) is 16.7 Å². The first kappa shape index (κ1) is 23.2. The van der Waals surface area contributed by atoms with Gasteiger partial charge in [0, 0.05) is 5.57 Å². The van der Waals surface area contributed by atoms with Crippen LogP contribution in [0.4, 0.5) is 0 Å². The number of hydrogen-bond acceptors (Lipinski definition) is 4. The lowest BCUT2D eigenvalue weighted by Gasteiger charge is -2.22. The minimum Gasteiger partial charge on any atom is -0.507 e. The number of aromatic hydroxyl groups is 1. The van der Waals surface area contributed by atoms with Crippen LogP contribution in [0.15, 0.2) is 48.0 Å². The Hall–Kier alpha value is -3.06. The largest absolute Gasteiger partial charge is 0.507 e. The van der Waals surface area contributed by atoms with E-state index >= 15 is 0 Å². The van der Waals surface area contributed by atoms with E-state index in [-0.39, 0.29) is 23.2 Å². The SMILES string of the molecule is CC(C)c1cc(C(=C(C#N)C(=O)OC(C)(C)C)c2ccccc2)cc(C(C)C)c1O. The molecule has 0 aliphatic rings. The Balaban J connectivity index is 2.89. The van der Waals surface area contributed by atoms with Gasteiger partial charge in [-0.15, -0.1) is 0 Å². The van der Waals surface area contributed by atoms with Crippen LogP contribution in [0.1, 0.15) is 82.6 Å². The fourth-order valence-electron chi connectivity index (χ4n) is 3.30. The van der Waals surface area contributed by atoms with E-state index < -0.39 is 11.6 Å². The van der Waals surface area contributed by atoms with Crippen molar-refractivity contribution in [1.82, 2.24) is 0 Å². The Bertz CT molecular complexity index is 958. The van der Waals surface area contributed by atoms with Gasteiger partial charge in [0.25, 0.3) is 0 Å². The minimum atomic E-state index is -0.720. The molecule has 2 aromatic carbocycles. The topological polar surface area (TPSA) is 70.3 Å². The van der Waals surface area contributed by atoms with Crippen molar-refractivity contribution in [1.29, 1.82) is 5.26 Å². The molecule has 0 atom stereocenters. The standard InChI is InChI=1S/C26H31NO3/c1-16(2)20-13-19(14-21(17(3)4)24(20)28)23(18-11-9-8-10-12-18)22(15-27)25(29)30-26(5,6)7/h8-14,16-17,28H,1-7H3. The van der Waals surface area contributed by atoms with Crippen LogP contribution in [0.5, 0.6) is 5.75 Å². The Morgan fingerprint density at radius 1 is 0.967 bits per heavy atom. The lowest BCUT2D eigenvalue weighted by Crippen LogP contribution is -2.25. The zero-order valence-electron chi connectivity index (χ0n) is 18.9. The molecule has 158 valence electrons. The second-order valence-electron chi connectivity index (χ2n) is 9.04. The van der Waals surface area contributed by atoms with Gasteiger partial charge in [-0.1, -0.05) is 58.0 Å². The van der Waals surface area contributed by atoms with Crippen LogP contribution < -0.4 is 0 Å². The Morgan fingerprint density at radius 3 is 1.87 bits per heavy atom. The molecule has 4 nitrogen and oxygen atoms in total. The number of nitriles is 1. The average molecular weight is 406 g/mol. The van der Waals surface area contributed by atoms with Crippen LogP contribution in [0.25, 0.3) is 5.57 Å². The molecule has 0 saturated heterocycles. The van der Waals surface area contributed by atoms with Crippen molar-refractivity contribution in [3.63, 3.8) is 0 Å². The van der Waals surface area contributed by atoms with Gasteiger partial charge in [0.1, 0.15) is 23.0 Å². The summed E-state index contributed by atoms with van der Waals surface area (Å²) < 4.78 is 5.53. The first-order valence-electron chi connectivity index (χ1n) is 10.3. The number of hydrogen-bond donors (Lipinski definition) is 1. The van der Waals surface area contributed by atoms with Gasteiger partial charge in [0.15, 0.2) is 0 Å². The molecule has 0 aliphatic heterocycles. The lowest BCUT2D eigenvalue weighted by atomic mass is 9.86. The molecule has 2 aromatic rings. The van der Waals surface area contributed by atoms with Crippen LogP contribution in [0, 0.1) is 11.3 Å². The first-order valence-corrected chi connectivity index (χ1v) is 10.3. The maximum Gasteiger partial charge on any atom is 0.350 e. The van der Waals surface area contributed by atoms with E-state index in [2.05, 4.69) is 6.07 Å². The van der Waals surface area contributed by atoms with Crippen molar-refractivity contribution in [2.24, 2.45) is 0 Å². The number of rotatable bonds is 5. The van der Waals surface area contributed by atoms with Gasteiger partial charge in [-0.2, -0.15) is 5.26 Å². The fourth-order valence-corrected chi connectivity index (χ4v) is 3.30. The number of carbonyl (C=O) groups is 1. The molecule has 0 unspecified atom stereocenters. The molecule has 0 amide bonds. The fraction of sp³-hybridized carbons (Fsp3) is 0.385. The number of nitrogens with zero attached hydrogens (tertiary/aromatic N) is 1. The van der Waals surface area contributed by atoms with Crippen molar-refractivity contribution >= 4 is 11.5 Å². The normalized spacial score (nSPS) is 12.5. The van der Waals surface area contributed by atoms with Crippen molar-refractivity contribution in [2.45, 2.75) is 65.9 Å². The van der Waals surface area contributed by atoms with E-state index in [9.17, 15) is 15.2 Å². The average Bonchev–Trinajstić information content (AvgIpc) is 2.65. The van der Waals surface area contributed by atoms with Crippen LogP contribution in [0.2, 0.25) is 0 Å². The molecule has 4 heteroatoms. The van der Waals surface area contributed by atoms with E-state index in [0.717, 1.165) is 16.7 Å². The summed E-state index contributed by atoms with van der Waals surface area (Å²) in [5, 5.41) is 20.7. The Morgan fingerprint density at radius 2 is 1.47 bits per heavy atom. The van der Waals surface area contributed by atoms with E-state index in [4.69, 9.17) is 4.74 Å². The van der Waals surface area contributed by atoms with E-state index in [1.807, 2.05) is 70.2 Å². The summed E-state index contributed by atoms with van der Waals surface area (Å²) in [6, 6.07) is 15.2. The molecule has 0 aromatic heterocycles. The van der Waals surface area contributed by atoms with Gasteiger partial charge in [-0.25, -0.2) is 4.79 Å². The number of phenols is 1. The maximum absolute atomic E-state index is 12.9. The van der Waals surface area contributed by atoms with Crippen molar-refractivity contribution in [3.8, 4) is 11.8 Å². The predicted octanol–water partition coefficient (Wildman–Crippen LogP) is 6.31. The molecule has 0 radical (unpaired) electrons. The summed E-state index contributed by atoms with van der Waals surface area (Å²) in [6.07, 6.45) is 0. The van der Waals surface area contributed by atoms with Gasteiger partial charge in [-0.3, -0.25) is 0 Å². The third-order valence-electron chi connectivity index (χ3n) is 4.73. The molecule has 30 heavy (non-hydrogen) atoms. The second kappa shape index (κ2) is 9.17. The Labute approximate surface area is 179 Å². The third-order valence-corrected chi connectivity index (χ3v) is 4.73. The van der Waals surface area contributed by atoms with E-state index in [1.165, 1.54) is 0 Å². The molecule has 0 bridgehead atoms. The molecular weight excluding hydrogens is 374 g/mol. The smallest absolute Gasteiger partial charge is 0.350 e. The molecule has 0 fully saturated rings. The third kappa shape index (κ3) is 5.30. The molecule has 0 spiro atoms. The number of phenolic OH excluding ortho intramolecular Hbond substituents is 1. The van der Waals surface area contributed by atoms with Crippen LogP contribution in [0.3, 0.4) is 0 Å². The second-order valence-corrected chi connectivity index (χ2v) is 9.04. The van der Waals surface area contributed by atoms with Gasteiger partial charge < -0.3 is 9.84 Å². The quantitative estimate of drug-likeness (QED) is 0.360. The van der Waals surface area contributed by atoms with E-state index in [1.54, 1.807) is 20.8 Å². The number of benzene rings is 2. The molecular formula is C26H31NO3. The monoisotopic (exact) mass is 405 g/mol. The Kier molecular flexibility index (Phi) is 7.10. The highest BCUT2D eigenvalue weighted by atomic mass is 16.6. The summed E-state index contributed by atoms with van der Waals surface area (Å²) in [7, 11) is 0. The number of ether oxygens (including phenoxy) is 1. The molecule has 0 heterocycles. The zero-order valence-corrected chi connectivity index (χ0v) is 18.9.